The molecule has 0 unspecified atom stereocenters. The number of imide groups is 2. The average Bonchev–Trinajstić information content (AvgIpc) is 2.93. The molecule has 4 amide bonds. The van der Waals surface area contributed by atoms with Crippen LogP contribution in [0.15, 0.2) is 78.9 Å². The van der Waals surface area contributed by atoms with Gasteiger partial charge in [0.15, 0.2) is 0 Å². The average molecular weight is 482 g/mol. The van der Waals surface area contributed by atoms with Crippen molar-refractivity contribution in [1.82, 2.24) is 5.06 Å². The lowest BCUT2D eigenvalue weighted by Crippen LogP contribution is -2.42. The van der Waals surface area contributed by atoms with E-state index in [0.717, 1.165) is 32.3 Å². The van der Waals surface area contributed by atoms with Gasteiger partial charge in [0.1, 0.15) is 0 Å². The Morgan fingerprint density at radius 2 is 0.919 bits per heavy atom. The Hall–Kier alpha value is -5.14. The van der Waals surface area contributed by atoms with Gasteiger partial charge in [0.2, 0.25) is 0 Å². The molecule has 0 bridgehead atoms. The molecule has 0 aliphatic carbocycles. The standard InChI is InChI=1S/C30H14N2O5/c33-27-18-9-11-20-26-21(30(36)32(37)29(20)35)12-10-19(25(18)26)28(34)31(27)22-13-7-16-5-4-14-2-1-3-15-6-8-17(22)24(16)23(14)15/h1-13,37H. The molecule has 6 aromatic carbocycles. The topological polar surface area (TPSA) is 95.0 Å². The summed E-state index contributed by atoms with van der Waals surface area (Å²) in [6, 6.07) is 23.6. The second-order valence-electron chi connectivity index (χ2n) is 9.38. The van der Waals surface area contributed by atoms with Crippen molar-refractivity contribution in [2.75, 3.05) is 4.90 Å². The first-order valence-corrected chi connectivity index (χ1v) is 11.7. The lowest BCUT2D eigenvalue weighted by Gasteiger charge is -2.31. The Morgan fingerprint density at radius 3 is 1.49 bits per heavy atom. The minimum absolute atomic E-state index is 0.0584. The molecule has 7 heteroatoms. The monoisotopic (exact) mass is 482 g/mol. The zero-order valence-corrected chi connectivity index (χ0v) is 19.0. The maximum atomic E-state index is 13.9. The second kappa shape index (κ2) is 6.54. The lowest BCUT2D eigenvalue weighted by atomic mass is 9.86. The lowest BCUT2D eigenvalue weighted by molar-refractivity contribution is -0.0377. The van der Waals surface area contributed by atoms with Crippen LogP contribution >= 0.6 is 0 Å². The first kappa shape index (κ1) is 20.1. The van der Waals surface area contributed by atoms with E-state index in [1.807, 2.05) is 42.5 Å². The number of anilines is 1. The van der Waals surface area contributed by atoms with Crippen molar-refractivity contribution >= 4 is 72.4 Å². The summed E-state index contributed by atoms with van der Waals surface area (Å²) in [6.07, 6.45) is 0. The van der Waals surface area contributed by atoms with E-state index in [2.05, 4.69) is 6.07 Å². The Morgan fingerprint density at radius 1 is 0.459 bits per heavy atom. The van der Waals surface area contributed by atoms with Crippen LogP contribution in [0.25, 0.3) is 43.1 Å². The summed E-state index contributed by atoms with van der Waals surface area (Å²) in [6.45, 7) is 0. The fourth-order valence-electron chi connectivity index (χ4n) is 6.00. The van der Waals surface area contributed by atoms with Gasteiger partial charge in [-0.25, -0.2) is 4.90 Å². The number of hydrogen-bond acceptors (Lipinski definition) is 5. The van der Waals surface area contributed by atoms with E-state index >= 15 is 0 Å². The Bertz CT molecular complexity index is 2010. The number of benzene rings is 6. The third-order valence-corrected chi connectivity index (χ3v) is 7.62. The largest absolute Gasteiger partial charge is 0.285 e. The first-order chi connectivity index (χ1) is 18.0. The van der Waals surface area contributed by atoms with Crippen molar-refractivity contribution in [2.45, 2.75) is 0 Å². The van der Waals surface area contributed by atoms with E-state index in [9.17, 15) is 24.4 Å². The molecule has 0 aromatic heterocycles. The number of amides is 4. The van der Waals surface area contributed by atoms with Gasteiger partial charge in [-0.15, -0.1) is 5.06 Å². The molecule has 0 spiro atoms. The molecule has 2 aliphatic heterocycles. The van der Waals surface area contributed by atoms with Gasteiger partial charge >= 0.3 is 0 Å². The van der Waals surface area contributed by atoms with Crippen LogP contribution in [0, 0.1) is 0 Å². The Kier molecular flexibility index (Phi) is 3.55. The van der Waals surface area contributed by atoms with E-state index in [1.54, 1.807) is 6.07 Å². The van der Waals surface area contributed by atoms with E-state index in [1.165, 1.54) is 29.2 Å². The minimum atomic E-state index is -0.893. The molecule has 2 aliphatic rings. The molecular weight excluding hydrogens is 468 g/mol. The highest BCUT2D eigenvalue weighted by Gasteiger charge is 2.40. The highest BCUT2D eigenvalue weighted by molar-refractivity contribution is 6.40. The van der Waals surface area contributed by atoms with Crippen molar-refractivity contribution in [3.8, 4) is 0 Å². The predicted molar refractivity (Wildman–Crippen MR) is 138 cm³/mol. The van der Waals surface area contributed by atoms with Gasteiger partial charge in [-0.05, 0) is 57.3 Å². The smallest absolute Gasteiger partial charge is 0.278 e. The number of rotatable bonds is 1. The fraction of sp³-hybridized carbons (Fsp3) is 0. The van der Waals surface area contributed by atoms with Crippen LogP contribution in [-0.4, -0.2) is 33.9 Å². The van der Waals surface area contributed by atoms with Crippen molar-refractivity contribution in [2.24, 2.45) is 0 Å². The van der Waals surface area contributed by atoms with Crippen LogP contribution in [0.5, 0.6) is 0 Å². The van der Waals surface area contributed by atoms with E-state index in [4.69, 9.17) is 0 Å². The first-order valence-electron chi connectivity index (χ1n) is 11.7. The quantitative estimate of drug-likeness (QED) is 0.189. The number of hydrogen-bond donors (Lipinski definition) is 1. The number of nitrogens with zero attached hydrogens (tertiary/aromatic N) is 2. The van der Waals surface area contributed by atoms with E-state index in [-0.39, 0.29) is 38.1 Å². The zero-order valence-electron chi connectivity index (χ0n) is 19.0. The van der Waals surface area contributed by atoms with Crippen LogP contribution in [0.1, 0.15) is 41.4 Å². The summed E-state index contributed by atoms with van der Waals surface area (Å²) in [4.78, 5) is 54.1. The molecule has 8 rings (SSSR count). The summed E-state index contributed by atoms with van der Waals surface area (Å²) >= 11 is 0. The fourth-order valence-corrected chi connectivity index (χ4v) is 6.00. The third-order valence-electron chi connectivity index (χ3n) is 7.62. The molecule has 6 aromatic rings. The molecule has 0 atom stereocenters. The predicted octanol–water partition coefficient (Wildman–Crippen LogP) is 5.52. The van der Waals surface area contributed by atoms with Gasteiger partial charge in [-0.1, -0.05) is 48.5 Å². The van der Waals surface area contributed by atoms with Crippen molar-refractivity contribution < 1.29 is 24.4 Å². The van der Waals surface area contributed by atoms with Gasteiger partial charge in [0, 0.05) is 27.3 Å². The molecule has 1 N–H and O–H groups in total. The molecule has 174 valence electrons. The second-order valence-corrected chi connectivity index (χ2v) is 9.38. The molecule has 0 radical (unpaired) electrons. The normalized spacial score (nSPS) is 15.3. The summed E-state index contributed by atoms with van der Waals surface area (Å²) in [5.74, 6) is -2.87. The molecule has 0 saturated carbocycles. The van der Waals surface area contributed by atoms with Crippen molar-refractivity contribution in [3.05, 3.63) is 101 Å². The molecule has 0 saturated heterocycles. The van der Waals surface area contributed by atoms with Crippen LogP contribution < -0.4 is 4.90 Å². The summed E-state index contributed by atoms with van der Waals surface area (Å²) in [5.41, 5.74) is 1.03. The highest BCUT2D eigenvalue weighted by atomic mass is 16.5. The summed E-state index contributed by atoms with van der Waals surface area (Å²) in [7, 11) is 0. The van der Waals surface area contributed by atoms with Gasteiger partial charge < -0.3 is 0 Å². The summed E-state index contributed by atoms with van der Waals surface area (Å²) < 4.78 is 0. The van der Waals surface area contributed by atoms with Gasteiger partial charge in [-0.2, -0.15) is 0 Å². The van der Waals surface area contributed by atoms with Crippen LogP contribution in [-0.2, 0) is 0 Å². The molecule has 37 heavy (non-hydrogen) atoms. The van der Waals surface area contributed by atoms with E-state index < -0.39 is 23.6 Å². The third kappa shape index (κ3) is 2.29. The van der Waals surface area contributed by atoms with Crippen molar-refractivity contribution in [1.29, 1.82) is 0 Å². The number of carbonyl (C=O) groups is 4. The highest BCUT2D eigenvalue weighted by Crippen LogP contribution is 2.43. The molecular formula is C30H14N2O5. The molecule has 0 fully saturated rings. The van der Waals surface area contributed by atoms with E-state index in [0.29, 0.717) is 5.69 Å². The maximum absolute atomic E-state index is 13.9. The van der Waals surface area contributed by atoms with Crippen LogP contribution in [0.4, 0.5) is 5.69 Å². The molecule has 7 nitrogen and oxygen atoms in total. The number of hydroxylamine groups is 2. The molecule has 2 heterocycles. The van der Waals surface area contributed by atoms with Crippen LogP contribution in [0.2, 0.25) is 0 Å². The van der Waals surface area contributed by atoms with Crippen molar-refractivity contribution in [3.63, 3.8) is 0 Å². The van der Waals surface area contributed by atoms with Crippen LogP contribution in [0.3, 0.4) is 0 Å². The SMILES string of the molecule is O=C1c2ccc3c4c(ccc(c24)C(=O)N1O)C(=O)N(c1ccc2ccc4cccc5ccc1c2c45)C3=O. The maximum Gasteiger partial charge on any atom is 0.285 e. The Balaban J connectivity index is 1.42. The van der Waals surface area contributed by atoms with Gasteiger partial charge in [0.05, 0.1) is 16.8 Å². The van der Waals surface area contributed by atoms with Gasteiger partial charge in [-0.3, -0.25) is 24.4 Å². The zero-order chi connectivity index (χ0) is 25.2. The minimum Gasteiger partial charge on any atom is -0.278 e. The number of carbonyl (C=O) groups excluding carboxylic acids is 4. The Labute approximate surface area is 208 Å². The summed E-state index contributed by atoms with van der Waals surface area (Å²) in [5, 5.41) is 16.5. The van der Waals surface area contributed by atoms with Gasteiger partial charge in [0.25, 0.3) is 23.6 Å².